The number of carbonyl (C=O) groups excluding carboxylic acids is 2. The molecule has 0 bridgehead atoms. The molecule has 132 valence electrons. The zero-order valence-electron chi connectivity index (χ0n) is 14.6. The molecule has 0 unspecified atom stereocenters. The molecule has 0 saturated carbocycles. The molecule has 1 aromatic heterocycles. The van der Waals surface area contributed by atoms with E-state index in [9.17, 15) is 9.59 Å². The number of hydrogen-bond acceptors (Lipinski definition) is 4. The van der Waals surface area contributed by atoms with Gasteiger partial charge in [0.1, 0.15) is 11.1 Å². The van der Waals surface area contributed by atoms with E-state index in [1.807, 2.05) is 0 Å². The molecule has 5 nitrogen and oxygen atoms in total. The van der Waals surface area contributed by atoms with Gasteiger partial charge in [-0.15, -0.1) is 11.3 Å². The number of nitrogens with two attached hydrogens (primary N) is 1. The molecule has 0 aromatic carbocycles. The topological polar surface area (TPSA) is 81.4 Å². The highest BCUT2D eigenvalue weighted by molar-refractivity contribution is 7.17. The summed E-state index contributed by atoms with van der Waals surface area (Å²) in [5.41, 5.74) is 7.40. The molecule has 2 aliphatic rings. The number of thiophene rings is 1. The highest BCUT2D eigenvalue weighted by Gasteiger charge is 2.34. The number of anilines is 1. The lowest BCUT2D eigenvalue weighted by Gasteiger charge is -2.33. The Hall–Kier alpha value is -1.40. The van der Waals surface area contributed by atoms with Crippen LogP contribution in [-0.2, 0) is 22.4 Å². The molecule has 3 rings (SSSR count). The third kappa shape index (κ3) is 3.35. The van der Waals surface area contributed by atoms with Crippen molar-refractivity contribution in [1.29, 1.82) is 0 Å². The van der Waals surface area contributed by atoms with E-state index < -0.39 is 12.0 Å². The molecule has 2 atom stereocenters. The Bertz CT molecular complexity index is 654. The lowest BCUT2D eigenvalue weighted by Crippen LogP contribution is -2.28. The van der Waals surface area contributed by atoms with Crippen LogP contribution in [0.25, 0.3) is 0 Å². The van der Waals surface area contributed by atoms with Crippen molar-refractivity contribution >= 4 is 28.2 Å². The van der Waals surface area contributed by atoms with Crippen LogP contribution in [0, 0.1) is 11.3 Å². The first-order valence-electron chi connectivity index (χ1n) is 8.64. The highest BCUT2D eigenvalue weighted by atomic mass is 32.1. The van der Waals surface area contributed by atoms with E-state index in [4.69, 9.17) is 10.5 Å². The third-order valence-corrected chi connectivity index (χ3v) is 6.37. The van der Waals surface area contributed by atoms with E-state index in [2.05, 4.69) is 26.1 Å². The molecule has 1 saturated heterocycles. The molecule has 0 spiro atoms. The first kappa shape index (κ1) is 17.4. The van der Waals surface area contributed by atoms with Crippen LogP contribution in [0.15, 0.2) is 0 Å². The zero-order valence-corrected chi connectivity index (χ0v) is 15.4. The maximum absolute atomic E-state index is 12.3. The van der Waals surface area contributed by atoms with Crippen LogP contribution >= 0.6 is 11.3 Å². The summed E-state index contributed by atoms with van der Waals surface area (Å²) in [7, 11) is 0. The Kier molecular flexibility index (Phi) is 4.71. The van der Waals surface area contributed by atoms with Crippen LogP contribution in [-0.4, -0.2) is 24.5 Å². The smallest absolute Gasteiger partial charge is 0.254 e. The molecule has 6 heteroatoms. The van der Waals surface area contributed by atoms with E-state index in [-0.39, 0.29) is 11.3 Å². The molecule has 24 heavy (non-hydrogen) atoms. The largest absolute Gasteiger partial charge is 0.368 e. The van der Waals surface area contributed by atoms with Crippen molar-refractivity contribution < 1.29 is 14.3 Å². The van der Waals surface area contributed by atoms with Gasteiger partial charge in [-0.1, -0.05) is 20.8 Å². The van der Waals surface area contributed by atoms with Crippen molar-refractivity contribution in [3.63, 3.8) is 0 Å². The van der Waals surface area contributed by atoms with Gasteiger partial charge in [0.05, 0.1) is 5.56 Å². The molecule has 2 amide bonds. The van der Waals surface area contributed by atoms with Crippen LogP contribution in [0.3, 0.4) is 0 Å². The molecule has 2 heterocycles. The Morgan fingerprint density at radius 3 is 2.62 bits per heavy atom. The molecule has 1 aliphatic carbocycles. The van der Waals surface area contributed by atoms with E-state index in [1.54, 1.807) is 0 Å². The lowest BCUT2D eigenvalue weighted by atomic mass is 9.72. The summed E-state index contributed by atoms with van der Waals surface area (Å²) >= 11 is 1.51. The van der Waals surface area contributed by atoms with Gasteiger partial charge in [-0.3, -0.25) is 9.59 Å². The number of rotatable bonds is 3. The first-order valence-corrected chi connectivity index (χ1v) is 9.46. The van der Waals surface area contributed by atoms with Gasteiger partial charge in [0.15, 0.2) is 0 Å². The minimum atomic E-state index is -0.454. The van der Waals surface area contributed by atoms with E-state index >= 15 is 0 Å². The maximum Gasteiger partial charge on any atom is 0.254 e. The number of amides is 2. The summed E-state index contributed by atoms with van der Waals surface area (Å²) in [6.07, 6.45) is 4.06. The van der Waals surface area contributed by atoms with E-state index in [0.717, 1.165) is 37.7 Å². The van der Waals surface area contributed by atoms with Crippen molar-refractivity contribution in [2.75, 3.05) is 11.9 Å². The van der Waals surface area contributed by atoms with Gasteiger partial charge in [-0.25, -0.2) is 0 Å². The van der Waals surface area contributed by atoms with Gasteiger partial charge in [0.2, 0.25) is 0 Å². The van der Waals surface area contributed by atoms with Gasteiger partial charge in [0, 0.05) is 11.5 Å². The maximum atomic E-state index is 12.3. The third-order valence-electron chi connectivity index (χ3n) is 5.20. The molecular formula is C18H26N2O3S. The molecule has 1 aromatic rings. The average Bonchev–Trinajstić information content (AvgIpc) is 3.12. The van der Waals surface area contributed by atoms with Gasteiger partial charge in [-0.05, 0) is 49.0 Å². The summed E-state index contributed by atoms with van der Waals surface area (Å²) in [5.74, 6) is -0.0450. The van der Waals surface area contributed by atoms with Crippen LogP contribution < -0.4 is 11.1 Å². The van der Waals surface area contributed by atoms with Crippen LogP contribution in [0.4, 0.5) is 5.00 Å². The second-order valence-corrected chi connectivity index (χ2v) is 8.97. The Balaban J connectivity index is 1.86. The predicted octanol–water partition coefficient (Wildman–Crippen LogP) is 3.12. The summed E-state index contributed by atoms with van der Waals surface area (Å²) in [5, 5.41) is 3.50. The van der Waals surface area contributed by atoms with Gasteiger partial charge in [-0.2, -0.15) is 0 Å². The van der Waals surface area contributed by atoms with Crippen molar-refractivity contribution in [3.8, 4) is 0 Å². The zero-order chi connectivity index (χ0) is 17.5. The number of ether oxygens (including phenoxy) is 1. The van der Waals surface area contributed by atoms with Crippen molar-refractivity contribution in [2.45, 2.75) is 59.0 Å². The summed E-state index contributed by atoms with van der Waals surface area (Å²) in [6, 6.07) is 0. The first-order chi connectivity index (χ1) is 11.3. The standard InChI is InChI=1S/C18H26N2O3S/c1-18(2,3)10-6-7-11-13(9-10)24-17(14(11)15(19)21)20-16(22)12-5-4-8-23-12/h10,12H,4-9H2,1-3H3,(H2,19,21)(H,20,22)/t10-,12-/m1/s1. The quantitative estimate of drug-likeness (QED) is 0.879. The number of hydrogen-bond donors (Lipinski definition) is 2. The summed E-state index contributed by atoms with van der Waals surface area (Å²) in [4.78, 5) is 25.5. The van der Waals surface area contributed by atoms with Crippen LogP contribution in [0.1, 0.15) is 60.8 Å². The Labute approximate surface area is 146 Å². The molecular weight excluding hydrogens is 324 g/mol. The average molecular weight is 350 g/mol. The van der Waals surface area contributed by atoms with Crippen molar-refractivity contribution in [3.05, 3.63) is 16.0 Å². The number of fused-ring (bicyclic) bond motifs is 1. The summed E-state index contributed by atoms with van der Waals surface area (Å²) < 4.78 is 5.43. The fraction of sp³-hybridized carbons (Fsp3) is 0.667. The Morgan fingerprint density at radius 2 is 2.04 bits per heavy atom. The van der Waals surface area contributed by atoms with Crippen LogP contribution in [0.2, 0.25) is 0 Å². The van der Waals surface area contributed by atoms with Gasteiger partial charge < -0.3 is 15.8 Å². The van der Waals surface area contributed by atoms with E-state index in [1.165, 1.54) is 16.2 Å². The minimum absolute atomic E-state index is 0.166. The fourth-order valence-corrected chi connectivity index (χ4v) is 4.99. The molecule has 1 fully saturated rings. The second-order valence-electron chi connectivity index (χ2n) is 7.87. The number of primary amides is 1. The number of carbonyl (C=O) groups is 2. The monoisotopic (exact) mass is 350 g/mol. The van der Waals surface area contributed by atoms with Crippen molar-refractivity contribution in [2.24, 2.45) is 17.1 Å². The van der Waals surface area contributed by atoms with Crippen LogP contribution in [0.5, 0.6) is 0 Å². The number of nitrogens with one attached hydrogen (secondary N) is 1. The van der Waals surface area contributed by atoms with Gasteiger partial charge in [0.25, 0.3) is 11.8 Å². The Morgan fingerprint density at radius 1 is 1.29 bits per heavy atom. The summed E-state index contributed by atoms with van der Waals surface area (Å²) in [6.45, 7) is 7.39. The minimum Gasteiger partial charge on any atom is -0.368 e. The lowest BCUT2D eigenvalue weighted by molar-refractivity contribution is -0.124. The predicted molar refractivity (Wildman–Crippen MR) is 95.4 cm³/mol. The van der Waals surface area contributed by atoms with E-state index in [0.29, 0.717) is 23.1 Å². The normalized spacial score (nSPS) is 23.8. The fourth-order valence-electron chi connectivity index (χ4n) is 3.65. The SMILES string of the molecule is CC(C)(C)[C@@H]1CCc2c(sc(NC(=O)[C@H]3CCCO3)c2C(N)=O)C1. The molecule has 0 radical (unpaired) electrons. The van der Waals surface area contributed by atoms with Gasteiger partial charge >= 0.3 is 0 Å². The highest BCUT2D eigenvalue weighted by Crippen LogP contribution is 2.44. The molecule has 3 N–H and O–H groups in total. The second kappa shape index (κ2) is 6.48. The molecule has 1 aliphatic heterocycles. The van der Waals surface area contributed by atoms with Crippen molar-refractivity contribution in [1.82, 2.24) is 0 Å².